The number of carboxylic acids is 1. The highest BCUT2D eigenvalue weighted by Crippen LogP contribution is 2.43. The molecular formula is C45H82NO9P. The predicted molar refractivity (Wildman–Crippen MR) is 231 cm³/mol. The van der Waals surface area contributed by atoms with Gasteiger partial charge >= 0.3 is 19.8 Å². The highest BCUT2D eigenvalue weighted by atomic mass is 31.2. The highest BCUT2D eigenvalue weighted by Gasteiger charge is 2.27. The van der Waals surface area contributed by atoms with E-state index in [9.17, 15) is 19.0 Å². The number of aliphatic carboxylic acids is 1. The largest absolute Gasteiger partial charge is 0.480 e. The van der Waals surface area contributed by atoms with Crippen LogP contribution in [0.1, 0.15) is 187 Å². The van der Waals surface area contributed by atoms with Crippen LogP contribution in [0.25, 0.3) is 0 Å². The number of carboxylic acid groups (broad SMARTS) is 1. The Balaban J connectivity index is 4.27. The number of phosphoric ester groups is 1. The van der Waals surface area contributed by atoms with Crippen LogP contribution < -0.4 is 5.73 Å². The topological polar surface area (TPSA) is 155 Å². The summed E-state index contributed by atoms with van der Waals surface area (Å²) in [7, 11) is -4.62. The first kappa shape index (κ1) is 53.9. The van der Waals surface area contributed by atoms with Crippen molar-refractivity contribution in [2.24, 2.45) is 5.73 Å². The van der Waals surface area contributed by atoms with Gasteiger partial charge in [0, 0.05) is 13.0 Å². The number of carbonyl (C=O) groups is 2. The number of esters is 1. The number of hydrogen-bond acceptors (Lipinski definition) is 8. The van der Waals surface area contributed by atoms with Gasteiger partial charge in [0.05, 0.1) is 19.8 Å². The van der Waals surface area contributed by atoms with Crippen molar-refractivity contribution in [3.63, 3.8) is 0 Å². The van der Waals surface area contributed by atoms with Gasteiger partial charge in [0.25, 0.3) is 0 Å². The van der Waals surface area contributed by atoms with Crippen molar-refractivity contribution in [2.75, 3.05) is 26.4 Å². The van der Waals surface area contributed by atoms with E-state index in [0.29, 0.717) is 13.0 Å². The fraction of sp³-hybridized carbons (Fsp3) is 0.778. The van der Waals surface area contributed by atoms with Gasteiger partial charge in [-0.1, -0.05) is 152 Å². The number of nitrogens with two attached hydrogens (primary N) is 1. The minimum atomic E-state index is -4.62. The minimum absolute atomic E-state index is 0.00629. The number of phosphoric acid groups is 1. The van der Waals surface area contributed by atoms with Crippen molar-refractivity contribution in [2.45, 2.75) is 199 Å². The third kappa shape index (κ3) is 40.1. The zero-order chi connectivity index (χ0) is 41.2. The van der Waals surface area contributed by atoms with Crippen molar-refractivity contribution >= 4 is 19.8 Å². The third-order valence-corrected chi connectivity index (χ3v) is 10.3. The van der Waals surface area contributed by atoms with Crippen LogP contribution in [-0.2, 0) is 32.7 Å². The molecule has 0 amide bonds. The Morgan fingerprint density at radius 3 is 1.48 bits per heavy atom. The maximum Gasteiger partial charge on any atom is 0.472 e. The van der Waals surface area contributed by atoms with E-state index >= 15 is 0 Å². The summed E-state index contributed by atoms with van der Waals surface area (Å²) in [5.41, 5.74) is 5.35. The maximum atomic E-state index is 12.6. The molecule has 0 aliphatic rings. The summed E-state index contributed by atoms with van der Waals surface area (Å²) < 4.78 is 33.3. The second kappa shape index (κ2) is 41.1. The number of ether oxygens (including phenoxy) is 2. The van der Waals surface area contributed by atoms with E-state index in [1.807, 2.05) is 0 Å². The van der Waals surface area contributed by atoms with Crippen LogP contribution in [0.2, 0.25) is 0 Å². The molecule has 0 aromatic rings. The molecule has 0 rings (SSSR count). The molecule has 11 heteroatoms. The second-order valence-corrected chi connectivity index (χ2v) is 16.3. The van der Waals surface area contributed by atoms with Crippen LogP contribution in [0, 0.1) is 0 Å². The number of hydrogen-bond donors (Lipinski definition) is 3. The molecule has 56 heavy (non-hydrogen) atoms. The Hall–Kier alpha value is -2.07. The summed E-state index contributed by atoms with van der Waals surface area (Å²) in [6.45, 7) is 3.81. The molecule has 0 fully saturated rings. The molecule has 0 radical (unpaired) electrons. The quantitative estimate of drug-likeness (QED) is 0.0235. The standard InChI is InChI=1S/C45H82NO9P/c1-3-5-7-9-11-13-15-17-19-21-22-24-26-28-30-32-34-36-38-52-39-42(40-53-56(50,51)54-41-43(46)45(48)49)55-44(47)37-35-33-31-29-27-25-23-20-18-16-14-12-10-8-6-4-2/h11,13-14,16-17,19-20,23,42-43H,3-10,12,15,18,21-22,24-41,46H2,1-2H3,(H,48,49)(H,50,51)/b13-11-,16-14-,19-17-,23-20-. The fourth-order valence-corrected chi connectivity index (χ4v) is 6.62. The van der Waals surface area contributed by atoms with Gasteiger partial charge in [-0.15, -0.1) is 0 Å². The van der Waals surface area contributed by atoms with Crippen LogP contribution >= 0.6 is 7.82 Å². The van der Waals surface area contributed by atoms with E-state index in [2.05, 4.69) is 62.5 Å². The predicted octanol–water partition coefficient (Wildman–Crippen LogP) is 12.3. The van der Waals surface area contributed by atoms with Crippen LogP contribution in [0.3, 0.4) is 0 Å². The van der Waals surface area contributed by atoms with Crippen LogP contribution in [0.5, 0.6) is 0 Å². The summed E-state index contributed by atoms with van der Waals surface area (Å²) in [4.78, 5) is 33.5. The normalized spacial score (nSPS) is 14.4. The summed E-state index contributed by atoms with van der Waals surface area (Å²) >= 11 is 0. The van der Waals surface area contributed by atoms with Crippen molar-refractivity contribution in [3.05, 3.63) is 48.6 Å². The van der Waals surface area contributed by atoms with Crippen LogP contribution in [-0.4, -0.2) is 60.5 Å². The molecule has 0 aliphatic carbocycles. The first-order valence-corrected chi connectivity index (χ1v) is 23.7. The highest BCUT2D eigenvalue weighted by molar-refractivity contribution is 7.47. The SMILES string of the molecule is CCCCC/C=C\C/C=C\CCCCCCCCCCOCC(COP(=O)(O)OCC(N)C(=O)O)OC(=O)CCCCCCC/C=C\C/C=C\CCCCCC. The first-order chi connectivity index (χ1) is 27.2. The Bertz CT molecular complexity index is 1080. The first-order valence-electron chi connectivity index (χ1n) is 22.2. The molecule has 10 nitrogen and oxygen atoms in total. The lowest BCUT2D eigenvalue weighted by molar-refractivity contribution is -0.154. The lowest BCUT2D eigenvalue weighted by atomic mass is 10.1. The van der Waals surface area contributed by atoms with Gasteiger partial charge in [0.2, 0.25) is 0 Å². The van der Waals surface area contributed by atoms with Gasteiger partial charge in [-0.05, 0) is 77.0 Å². The van der Waals surface area contributed by atoms with Gasteiger partial charge in [0.1, 0.15) is 12.1 Å². The van der Waals surface area contributed by atoms with Gasteiger partial charge in [-0.2, -0.15) is 0 Å². The Morgan fingerprint density at radius 2 is 0.982 bits per heavy atom. The lowest BCUT2D eigenvalue weighted by Gasteiger charge is -2.20. The van der Waals surface area contributed by atoms with Crippen molar-refractivity contribution < 1.29 is 42.7 Å². The summed E-state index contributed by atoms with van der Waals surface area (Å²) in [6.07, 6.45) is 47.3. The molecule has 0 aromatic carbocycles. The van der Waals surface area contributed by atoms with Gasteiger partial charge < -0.3 is 25.2 Å². The van der Waals surface area contributed by atoms with E-state index in [1.54, 1.807) is 0 Å². The Labute approximate surface area is 341 Å². The molecule has 0 bridgehead atoms. The second-order valence-electron chi connectivity index (χ2n) is 14.8. The van der Waals surface area contributed by atoms with Gasteiger partial charge in [0.15, 0.2) is 0 Å². The average Bonchev–Trinajstić information content (AvgIpc) is 3.18. The van der Waals surface area contributed by atoms with E-state index in [-0.39, 0.29) is 13.0 Å². The Morgan fingerprint density at radius 1 is 0.571 bits per heavy atom. The number of carbonyl (C=O) groups excluding carboxylic acids is 1. The van der Waals surface area contributed by atoms with E-state index in [1.165, 1.54) is 89.9 Å². The Kier molecular flexibility index (Phi) is 39.6. The summed E-state index contributed by atoms with van der Waals surface area (Å²) in [5.74, 6) is -1.80. The number of rotatable bonds is 42. The number of unbranched alkanes of at least 4 members (excludes halogenated alkanes) is 20. The maximum absolute atomic E-state index is 12.6. The average molecular weight is 812 g/mol. The summed E-state index contributed by atoms with van der Waals surface area (Å²) in [6, 6.07) is -1.48. The van der Waals surface area contributed by atoms with Crippen LogP contribution in [0.4, 0.5) is 0 Å². The van der Waals surface area contributed by atoms with Gasteiger partial charge in [-0.3, -0.25) is 18.6 Å². The zero-order valence-corrected chi connectivity index (χ0v) is 36.4. The molecule has 0 aliphatic heterocycles. The van der Waals surface area contributed by atoms with Crippen LogP contribution in [0.15, 0.2) is 48.6 Å². The molecule has 3 atom stereocenters. The smallest absolute Gasteiger partial charge is 0.472 e. The molecular weight excluding hydrogens is 729 g/mol. The summed E-state index contributed by atoms with van der Waals surface area (Å²) in [5, 5.41) is 8.90. The molecule has 326 valence electrons. The fourth-order valence-electron chi connectivity index (χ4n) is 5.84. The minimum Gasteiger partial charge on any atom is -0.480 e. The third-order valence-electron chi connectivity index (χ3n) is 9.33. The van der Waals surface area contributed by atoms with Gasteiger partial charge in [-0.25, -0.2) is 4.57 Å². The molecule has 4 N–H and O–H groups in total. The monoisotopic (exact) mass is 812 g/mol. The van der Waals surface area contributed by atoms with E-state index in [0.717, 1.165) is 70.6 Å². The molecule has 0 saturated heterocycles. The van der Waals surface area contributed by atoms with E-state index < -0.39 is 45.1 Å². The molecule has 0 aromatic heterocycles. The van der Waals surface area contributed by atoms with Crippen molar-refractivity contribution in [1.82, 2.24) is 0 Å². The lowest BCUT2D eigenvalue weighted by Crippen LogP contribution is -2.34. The molecule has 0 saturated carbocycles. The molecule has 3 unspecified atom stereocenters. The molecule has 0 spiro atoms. The molecule has 0 heterocycles. The van der Waals surface area contributed by atoms with Crippen molar-refractivity contribution in [1.29, 1.82) is 0 Å². The van der Waals surface area contributed by atoms with Crippen molar-refractivity contribution in [3.8, 4) is 0 Å². The number of allylic oxidation sites excluding steroid dienone is 8. The zero-order valence-electron chi connectivity index (χ0n) is 35.5. The van der Waals surface area contributed by atoms with E-state index in [4.69, 9.17) is 29.4 Å².